The van der Waals surface area contributed by atoms with E-state index in [1.165, 1.54) is 28.8 Å². The molecule has 0 saturated carbocycles. The van der Waals surface area contributed by atoms with E-state index in [0.29, 0.717) is 5.69 Å². The summed E-state index contributed by atoms with van der Waals surface area (Å²) in [5.74, 6) is -0.902. The summed E-state index contributed by atoms with van der Waals surface area (Å²) in [6.07, 6.45) is 2.06. The van der Waals surface area contributed by atoms with Crippen molar-refractivity contribution in [3.05, 3.63) is 58.9 Å². The third kappa shape index (κ3) is 2.28. The van der Waals surface area contributed by atoms with Gasteiger partial charge in [-0.15, -0.1) is 0 Å². The van der Waals surface area contributed by atoms with Crippen LogP contribution in [0.25, 0.3) is 0 Å². The Kier molecular flexibility index (Phi) is 2.90. The van der Waals surface area contributed by atoms with E-state index in [1.54, 1.807) is 6.07 Å². The molecule has 19 heavy (non-hydrogen) atoms. The second kappa shape index (κ2) is 4.57. The molecule has 0 aromatic heterocycles. The number of hydrogen-bond acceptors (Lipinski definition) is 2. The van der Waals surface area contributed by atoms with Gasteiger partial charge in [-0.1, -0.05) is 23.8 Å². The minimum atomic E-state index is -0.590. The molecule has 0 fully saturated rings. The summed E-state index contributed by atoms with van der Waals surface area (Å²) in [4.78, 5) is 0. The van der Waals surface area contributed by atoms with Crippen molar-refractivity contribution >= 4 is 5.69 Å². The van der Waals surface area contributed by atoms with E-state index in [1.807, 2.05) is 0 Å². The Hall–Kier alpha value is -2.03. The fraction of sp³-hybridized carbons (Fsp3) is 0.250. The van der Waals surface area contributed by atoms with Crippen LogP contribution in [0.5, 0.6) is 5.75 Å². The van der Waals surface area contributed by atoms with Gasteiger partial charge in [0.2, 0.25) is 0 Å². The lowest BCUT2D eigenvalue weighted by atomic mass is 10.0. The predicted molar refractivity (Wildman–Crippen MR) is 73.9 cm³/mol. The standard InChI is InChI=1S/C16H16FNO/c1-10-2-3-11-4-6-15(13(11)8-10)18-12-5-7-16(19)14(17)9-12/h2-3,5,7-9,15,18-19H,4,6H2,1H3. The van der Waals surface area contributed by atoms with Crippen LogP contribution in [0.2, 0.25) is 0 Å². The quantitative estimate of drug-likeness (QED) is 0.799. The van der Waals surface area contributed by atoms with Crippen molar-refractivity contribution < 1.29 is 9.50 Å². The van der Waals surface area contributed by atoms with Crippen LogP contribution in [0.3, 0.4) is 0 Å². The SMILES string of the molecule is Cc1ccc2c(c1)C(Nc1ccc(O)c(F)c1)CC2. The Bertz CT molecular complexity index is 624. The van der Waals surface area contributed by atoms with Crippen molar-refractivity contribution in [3.63, 3.8) is 0 Å². The molecule has 1 aliphatic rings. The minimum absolute atomic E-state index is 0.221. The Morgan fingerprint density at radius 3 is 2.84 bits per heavy atom. The zero-order chi connectivity index (χ0) is 13.4. The number of rotatable bonds is 2. The van der Waals surface area contributed by atoms with Gasteiger partial charge in [0.15, 0.2) is 11.6 Å². The van der Waals surface area contributed by atoms with E-state index in [0.717, 1.165) is 12.8 Å². The number of nitrogens with one attached hydrogen (secondary N) is 1. The zero-order valence-corrected chi connectivity index (χ0v) is 10.8. The van der Waals surface area contributed by atoms with Crippen LogP contribution in [0, 0.1) is 12.7 Å². The van der Waals surface area contributed by atoms with Gasteiger partial charge in [-0.2, -0.15) is 0 Å². The molecule has 0 amide bonds. The van der Waals surface area contributed by atoms with Crippen molar-refractivity contribution in [1.82, 2.24) is 0 Å². The van der Waals surface area contributed by atoms with E-state index in [2.05, 4.69) is 30.4 Å². The summed E-state index contributed by atoms with van der Waals surface area (Å²) < 4.78 is 13.3. The Labute approximate surface area is 111 Å². The average molecular weight is 257 g/mol. The number of anilines is 1. The molecule has 2 N–H and O–H groups in total. The molecular weight excluding hydrogens is 241 g/mol. The van der Waals surface area contributed by atoms with Crippen molar-refractivity contribution in [3.8, 4) is 5.75 Å². The largest absolute Gasteiger partial charge is 0.505 e. The zero-order valence-electron chi connectivity index (χ0n) is 10.8. The lowest BCUT2D eigenvalue weighted by Gasteiger charge is -2.16. The lowest BCUT2D eigenvalue weighted by Crippen LogP contribution is -2.07. The first-order valence-corrected chi connectivity index (χ1v) is 6.48. The molecule has 0 heterocycles. The molecule has 2 aromatic rings. The number of fused-ring (bicyclic) bond motifs is 1. The summed E-state index contributed by atoms with van der Waals surface area (Å²) in [6.45, 7) is 2.08. The molecule has 3 rings (SSSR count). The normalized spacial score (nSPS) is 17.3. The van der Waals surface area contributed by atoms with Crippen LogP contribution in [-0.4, -0.2) is 5.11 Å². The highest BCUT2D eigenvalue weighted by Crippen LogP contribution is 2.35. The highest BCUT2D eigenvalue weighted by atomic mass is 19.1. The van der Waals surface area contributed by atoms with Crippen LogP contribution in [0.15, 0.2) is 36.4 Å². The number of aryl methyl sites for hydroxylation is 2. The predicted octanol–water partition coefficient (Wildman–Crippen LogP) is 3.94. The monoisotopic (exact) mass is 257 g/mol. The van der Waals surface area contributed by atoms with Crippen LogP contribution in [0.1, 0.15) is 29.2 Å². The van der Waals surface area contributed by atoms with E-state index in [-0.39, 0.29) is 11.8 Å². The summed E-state index contributed by atoms with van der Waals surface area (Å²) in [5, 5.41) is 12.5. The Morgan fingerprint density at radius 2 is 2.05 bits per heavy atom. The topological polar surface area (TPSA) is 32.3 Å². The van der Waals surface area contributed by atoms with Crippen LogP contribution in [0.4, 0.5) is 10.1 Å². The average Bonchev–Trinajstić information content (AvgIpc) is 2.77. The number of halogens is 1. The second-order valence-corrected chi connectivity index (χ2v) is 5.10. The van der Waals surface area contributed by atoms with Crippen LogP contribution < -0.4 is 5.32 Å². The molecule has 3 heteroatoms. The fourth-order valence-corrected chi connectivity index (χ4v) is 2.67. The van der Waals surface area contributed by atoms with Gasteiger partial charge in [-0.3, -0.25) is 0 Å². The van der Waals surface area contributed by atoms with E-state index in [4.69, 9.17) is 0 Å². The second-order valence-electron chi connectivity index (χ2n) is 5.10. The first kappa shape index (κ1) is 12.0. The molecular formula is C16H16FNO. The number of hydrogen-bond donors (Lipinski definition) is 2. The molecule has 0 radical (unpaired) electrons. The molecule has 2 nitrogen and oxygen atoms in total. The highest BCUT2D eigenvalue weighted by Gasteiger charge is 2.22. The highest BCUT2D eigenvalue weighted by molar-refractivity contribution is 5.51. The molecule has 98 valence electrons. The number of phenolic OH excluding ortho intramolecular Hbond substituents is 1. The first-order chi connectivity index (χ1) is 9.13. The molecule has 0 spiro atoms. The smallest absolute Gasteiger partial charge is 0.166 e. The molecule has 1 unspecified atom stereocenters. The van der Waals surface area contributed by atoms with Gasteiger partial charge >= 0.3 is 0 Å². The van der Waals surface area contributed by atoms with Crippen molar-refractivity contribution in [2.24, 2.45) is 0 Å². The molecule has 0 saturated heterocycles. The third-order valence-corrected chi connectivity index (χ3v) is 3.67. The Balaban J connectivity index is 1.86. The summed E-state index contributed by atoms with van der Waals surface area (Å²) in [6, 6.07) is 11.1. The fourth-order valence-electron chi connectivity index (χ4n) is 2.67. The van der Waals surface area contributed by atoms with Gasteiger partial charge in [0.1, 0.15) is 0 Å². The summed E-state index contributed by atoms with van der Waals surface area (Å²) in [7, 11) is 0. The van der Waals surface area contributed by atoms with Gasteiger partial charge < -0.3 is 10.4 Å². The summed E-state index contributed by atoms with van der Waals surface area (Å²) in [5.41, 5.74) is 4.61. The molecule has 0 aliphatic heterocycles. The molecule has 2 aromatic carbocycles. The third-order valence-electron chi connectivity index (χ3n) is 3.67. The first-order valence-electron chi connectivity index (χ1n) is 6.48. The van der Waals surface area contributed by atoms with E-state index < -0.39 is 5.82 Å². The van der Waals surface area contributed by atoms with Gasteiger partial charge in [-0.25, -0.2) is 4.39 Å². The Morgan fingerprint density at radius 1 is 1.21 bits per heavy atom. The molecule has 0 bridgehead atoms. The maximum absolute atomic E-state index is 13.3. The number of benzene rings is 2. The number of phenols is 1. The number of aromatic hydroxyl groups is 1. The van der Waals surface area contributed by atoms with E-state index in [9.17, 15) is 9.50 Å². The molecule has 1 aliphatic carbocycles. The molecule has 1 atom stereocenters. The van der Waals surface area contributed by atoms with Crippen molar-refractivity contribution in [2.45, 2.75) is 25.8 Å². The van der Waals surface area contributed by atoms with Gasteiger partial charge in [-0.05, 0) is 43.0 Å². The maximum Gasteiger partial charge on any atom is 0.166 e. The van der Waals surface area contributed by atoms with Gasteiger partial charge in [0.05, 0.1) is 6.04 Å². The minimum Gasteiger partial charge on any atom is -0.505 e. The van der Waals surface area contributed by atoms with Crippen LogP contribution in [-0.2, 0) is 6.42 Å². The van der Waals surface area contributed by atoms with Crippen LogP contribution >= 0.6 is 0 Å². The van der Waals surface area contributed by atoms with Crippen molar-refractivity contribution in [1.29, 1.82) is 0 Å². The summed E-state index contributed by atoms with van der Waals surface area (Å²) >= 11 is 0. The lowest BCUT2D eigenvalue weighted by molar-refractivity contribution is 0.432. The van der Waals surface area contributed by atoms with E-state index >= 15 is 0 Å². The maximum atomic E-state index is 13.3. The van der Waals surface area contributed by atoms with Gasteiger partial charge in [0, 0.05) is 11.8 Å². The van der Waals surface area contributed by atoms with Crippen molar-refractivity contribution in [2.75, 3.05) is 5.32 Å². The van der Waals surface area contributed by atoms with Gasteiger partial charge in [0.25, 0.3) is 0 Å².